The van der Waals surface area contributed by atoms with E-state index >= 15 is 0 Å². The second-order valence-corrected chi connectivity index (χ2v) is 9.42. The predicted molar refractivity (Wildman–Crippen MR) is 114 cm³/mol. The molecule has 0 spiro atoms. The molecule has 3 rings (SSSR count). The highest BCUT2D eigenvalue weighted by molar-refractivity contribution is 7.89. The van der Waals surface area contributed by atoms with Gasteiger partial charge in [0, 0.05) is 50.8 Å². The first kappa shape index (κ1) is 24.5. The number of hydrogen-bond acceptors (Lipinski definition) is 6. The van der Waals surface area contributed by atoms with Gasteiger partial charge in [0.1, 0.15) is 5.82 Å². The second kappa shape index (κ2) is 10.2. The number of ether oxygens (including phenoxy) is 1. The number of aryl methyl sites for hydroxylation is 1. The van der Waals surface area contributed by atoms with Crippen LogP contribution in [0.2, 0.25) is 0 Å². The number of nitro groups is 1. The maximum absolute atomic E-state index is 13.5. The van der Waals surface area contributed by atoms with Gasteiger partial charge in [0.05, 0.1) is 16.4 Å². The van der Waals surface area contributed by atoms with E-state index < -0.39 is 26.6 Å². The van der Waals surface area contributed by atoms with Gasteiger partial charge in [-0.25, -0.2) is 17.2 Å². The third-order valence-corrected chi connectivity index (χ3v) is 7.32. The van der Waals surface area contributed by atoms with Gasteiger partial charge in [0.2, 0.25) is 15.9 Å². The first-order valence-corrected chi connectivity index (χ1v) is 11.6. The second-order valence-electron chi connectivity index (χ2n) is 7.52. The van der Waals surface area contributed by atoms with Crippen molar-refractivity contribution in [2.45, 2.75) is 24.7 Å². The Morgan fingerprint density at radius 2 is 1.82 bits per heavy atom. The van der Waals surface area contributed by atoms with Gasteiger partial charge in [-0.3, -0.25) is 14.9 Å². The van der Waals surface area contributed by atoms with Crippen LogP contribution in [-0.4, -0.2) is 61.2 Å². The number of nitrogens with zero attached hydrogens (tertiary/aromatic N) is 3. The Balaban J connectivity index is 1.51. The van der Waals surface area contributed by atoms with Gasteiger partial charge in [-0.2, -0.15) is 4.31 Å². The zero-order valence-corrected chi connectivity index (χ0v) is 18.7. The molecule has 0 N–H and O–H groups in total. The molecule has 2 aromatic rings. The minimum absolute atomic E-state index is 0.0630. The Morgan fingerprint density at radius 3 is 2.45 bits per heavy atom. The number of piperazine rings is 1. The lowest BCUT2D eigenvalue weighted by Crippen LogP contribution is -2.50. The van der Waals surface area contributed by atoms with Crippen molar-refractivity contribution >= 4 is 21.6 Å². The molecule has 0 unspecified atom stereocenters. The summed E-state index contributed by atoms with van der Waals surface area (Å²) in [4.78, 5) is 24.2. The van der Waals surface area contributed by atoms with Crippen molar-refractivity contribution in [3.63, 3.8) is 0 Å². The van der Waals surface area contributed by atoms with Crippen LogP contribution < -0.4 is 4.74 Å². The molecule has 1 aliphatic rings. The van der Waals surface area contributed by atoms with Gasteiger partial charge in [0.15, 0.2) is 11.6 Å². The van der Waals surface area contributed by atoms with E-state index in [9.17, 15) is 32.1 Å². The van der Waals surface area contributed by atoms with Gasteiger partial charge in [-0.1, -0.05) is 6.07 Å². The van der Waals surface area contributed by atoms with Crippen molar-refractivity contribution in [2.24, 2.45) is 0 Å². The molecular formula is C21H23F2N3O6S. The van der Waals surface area contributed by atoms with E-state index in [4.69, 9.17) is 4.74 Å². The Kier molecular flexibility index (Phi) is 7.59. The number of benzene rings is 2. The first-order chi connectivity index (χ1) is 15.6. The molecule has 2 aromatic carbocycles. The third-order valence-electron chi connectivity index (χ3n) is 5.28. The van der Waals surface area contributed by atoms with Crippen molar-refractivity contribution in [1.29, 1.82) is 0 Å². The van der Waals surface area contributed by atoms with Gasteiger partial charge in [-0.15, -0.1) is 0 Å². The molecule has 1 fully saturated rings. The van der Waals surface area contributed by atoms with Crippen LogP contribution in [0.3, 0.4) is 0 Å². The molecule has 33 heavy (non-hydrogen) atoms. The fraction of sp³-hybridized carbons (Fsp3) is 0.381. The summed E-state index contributed by atoms with van der Waals surface area (Å²) in [5.74, 6) is -1.82. The molecule has 0 aliphatic carbocycles. The minimum atomic E-state index is -3.95. The number of non-ortho nitro benzene ring substituents is 1. The van der Waals surface area contributed by atoms with Crippen LogP contribution in [0.25, 0.3) is 0 Å². The van der Waals surface area contributed by atoms with Crippen LogP contribution in [0.4, 0.5) is 14.5 Å². The lowest BCUT2D eigenvalue weighted by atomic mass is 10.2. The average Bonchev–Trinajstić information content (AvgIpc) is 2.77. The number of halogens is 2. The lowest BCUT2D eigenvalue weighted by Gasteiger charge is -2.34. The molecule has 0 bridgehead atoms. The monoisotopic (exact) mass is 483 g/mol. The third kappa shape index (κ3) is 5.82. The van der Waals surface area contributed by atoms with Crippen LogP contribution in [0.5, 0.6) is 5.75 Å². The fourth-order valence-electron chi connectivity index (χ4n) is 3.45. The van der Waals surface area contributed by atoms with Crippen molar-refractivity contribution < 1.29 is 31.7 Å². The van der Waals surface area contributed by atoms with E-state index in [1.807, 2.05) is 0 Å². The number of amides is 1. The largest absolute Gasteiger partial charge is 0.491 e. The molecule has 1 amide bonds. The highest BCUT2D eigenvalue weighted by Crippen LogP contribution is 2.26. The van der Waals surface area contributed by atoms with E-state index in [-0.39, 0.29) is 61.4 Å². The standard InChI is InChI=1S/C21H23F2N3O6S/c1-15-4-6-17(26(28)29)14-20(15)33(30,31)25-10-8-24(9-11-25)21(27)3-2-12-32-19-7-5-16(22)13-18(19)23/h4-7,13-14H,2-3,8-12H2,1H3. The highest BCUT2D eigenvalue weighted by Gasteiger charge is 2.32. The maximum Gasteiger partial charge on any atom is 0.270 e. The summed E-state index contributed by atoms with van der Waals surface area (Å²) in [7, 11) is -3.95. The van der Waals surface area contributed by atoms with Crippen LogP contribution in [0.1, 0.15) is 18.4 Å². The molecule has 0 saturated carbocycles. The Morgan fingerprint density at radius 1 is 1.12 bits per heavy atom. The molecule has 1 aliphatic heterocycles. The summed E-state index contributed by atoms with van der Waals surface area (Å²) in [5, 5.41) is 11.0. The Hall–Kier alpha value is -3.12. The molecule has 1 saturated heterocycles. The summed E-state index contributed by atoms with van der Waals surface area (Å²) >= 11 is 0. The summed E-state index contributed by atoms with van der Waals surface area (Å²) in [6, 6.07) is 6.65. The van der Waals surface area contributed by atoms with Gasteiger partial charge < -0.3 is 9.64 Å². The fourth-order valence-corrected chi connectivity index (χ4v) is 5.12. The van der Waals surface area contributed by atoms with E-state index in [0.717, 1.165) is 12.1 Å². The van der Waals surface area contributed by atoms with Gasteiger partial charge in [0.25, 0.3) is 5.69 Å². The van der Waals surface area contributed by atoms with Crippen LogP contribution in [0.15, 0.2) is 41.3 Å². The van der Waals surface area contributed by atoms with Crippen LogP contribution in [-0.2, 0) is 14.8 Å². The van der Waals surface area contributed by atoms with Crippen LogP contribution in [0, 0.1) is 28.7 Å². The topological polar surface area (TPSA) is 110 Å². The molecule has 0 atom stereocenters. The van der Waals surface area contributed by atoms with Crippen molar-refractivity contribution in [3.05, 3.63) is 63.7 Å². The number of carbonyl (C=O) groups excluding carboxylic acids is 1. The molecule has 178 valence electrons. The van der Waals surface area contributed by atoms with Crippen molar-refractivity contribution in [2.75, 3.05) is 32.8 Å². The quantitative estimate of drug-likeness (QED) is 0.324. The van der Waals surface area contributed by atoms with Crippen molar-refractivity contribution in [3.8, 4) is 5.75 Å². The van der Waals surface area contributed by atoms with Crippen molar-refractivity contribution in [1.82, 2.24) is 9.21 Å². The smallest absolute Gasteiger partial charge is 0.270 e. The summed E-state index contributed by atoms with van der Waals surface area (Å²) < 4.78 is 58.9. The van der Waals surface area contributed by atoms with Gasteiger partial charge >= 0.3 is 0 Å². The number of rotatable bonds is 8. The molecule has 9 nitrogen and oxygen atoms in total. The SMILES string of the molecule is Cc1ccc([N+](=O)[O-])cc1S(=O)(=O)N1CCN(C(=O)CCCOc2ccc(F)cc2F)CC1. The molecule has 1 heterocycles. The molecule has 0 radical (unpaired) electrons. The normalized spacial score (nSPS) is 14.8. The van der Waals surface area contributed by atoms with E-state index in [1.54, 1.807) is 6.92 Å². The Bertz CT molecular complexity index is 1150. The lowest BCUT2D eigenvalue weighted by molar-refractivity contribution is -0.385. The number of carbonyl (C=O) groups is 1. The molecule has 12 heteroatoms. The van der Waals surface area contributed by atoms with Crippen LogP contribution >= 0.6 is 0 Å². The number of hydrogen-bond donors (Lipinski definition) is 0. The molecule has 0 aromatic heterocycles. The number of nitro benzene ring substituents is 1. The Labute approximate surface area is 189 Å². The van der Waals surface area contributed by atoms with E-state index in [1.165, 1.54) is 27.4 Å². The average molecular weight is 483 g/mol. The predicted octanol–water partition coefficient (Wildman–Crippen LogP) is 2.87. The summed E-state index contributed by atoms with van der Waals surface area (Å²) in [6.07, 6.45) is 0.431. The first-order valence-electron chi connectivity index (χ1n) is 10.2. The number of sulfonamides is 1. The zero-order chi connectivity index (χ0) is 24.2. The minimum Gasteiger partial charge on any atom is -0.491 e. The highest BCUT2D eigenvalue weighted by atomic mass is 32.2. The molecular weight excluding hydrogens is 460 g/mol. The summed E-state index contributed by atoms with van der Waals surface area (Å²) in [6.45, 7) is 2.12. The van der Waals surface area contributed by atoms with E-state index in [0.29, 0.717) is 18.1 Å². The summed E-state index contributed by atoms with van der Waals surface area (Å²) in [5.41, 5.74) is 0.0902. The van der Waals surface area contributed by atoms with Gasteiger partial charge in [-0.05, 0) is 31.0 Å². The maximum atomic E-state index is 13.5. The van der Waals surface area contributed by atoms with E-state index in [2.05, 4.69) is 0 Å². The zero-order valence-electron chi connectivity index (χ0n) is 17.9.